The number of nitrogens with zero attached hydrogens (tertiary/aromatic N) is 3. The summed E-state index contributed by atoms with van der Waals surface area (Å²) in [6.07, 6.45) is 2.25. The standard InChI is InChI=1S/C15H15N3O3/c19-15(11-2-3-11)8-17(9-15)14-6-1-10-7-12(18(20)21)4-5-13(10)16-14/h1,4-7,11,19H,2-3,8-9H2. The third-order valence-corrected chi connectivity index (χ3v) is 4.46. The lowest BCUT2D eigenvalue weighted by molar-refractivity contribution is -0.384. The maximum atomic E-state index is 10.8. The zero-order valence-corrected chi connectivity index (χ0v) is 11.4. The molecule has 2 heterocycles. The second-order valence-corrected chi connectivity index (χ2v) is 6.04. The van der Waals surface area contributed by atoms with Crippen molar-refractivity contribution in [3.63, 3.8) is 0 Å². The Labute approximate surface area is 121 Å². The number of anilines is 1. The fourth-order valence-electron chi connectivity index (χ4n) is 3.05. The van der Waals surface area contributed by atoms with E-state index in [4.69, 9.17) is 0 Å². The van der Waals surface area contributed by atoms with Crippen LogP contribution in [-0.2, 0) is 0 Å². The number of aromatic nitrogens is 1. The molecule has 0 amide bonds. The summed E-state index contributed by atoms with van der Waals surface area (Å²) in [6, 6.07) is 8.38. The number of aliphatic hydroxyl groups is 1. The maximum Gasteiger partial charge on any atom is 0.270 e. The minimum absolute atomic E-state index is 0.0732. The van der Waals surface area contributed by atoms with Gasteiger partial charge in [0.25, 0.3) is 5.69 Å². The molecule has 0 atom stereocenters. The van der Waals surface area contributed by atoms with Gasteiger partial charge in [-0.2, -0.15) is 0 Å². The molecule has 6 nitrogen and oxygen atoms in total. The number of β-amino-alcohol motifs (C(OH)–C–C–N with tert-alkyl or cyclic N) is 1. The van der Waals surface area contributed by atoms with Crippen molar-refractivity contribution in [1.29, 1.82) is 0 Å². The highest BCUT2D eigenvalue weighted by molar-refractivity contribution is 5.82. The smallest absolute Gasteiger partial charge is 0.270 e. The van der Waals surface area contributed by atoms with E-state index in [1.54, 1.807) is 6.07 Å². The number of pyridine rings is 1. The Morgan fingerprint density at radius 3 is 2.71 bits per heavy atom. The molecular weight excluding hydrogens is 270 g/mol. The molecule has 0 radical (unpaired) electrons. The van der Waals surface area contributed by atoms with Gasteiger partial charge in [0.05, 0.1) is 23.5 Å². The molecule has 1 aromatic heterocycles. The molecule has 1 aliphatic heterocycles. The molecule has 0 bridgehead atoms. The molecule has 0 unspecified atom stereocenters. The van der Waals surface area contributed by atoms with Crippen LogP contribution in [0.2, 0.25) is 0 Å². The minimum atomic E-state index is -0.536. The molecule has 2 aliphatic rings. The Morgan fingerprint density at radius 2 is 2.05 bits per heavy atom. The van der Waals surface area contributed by atoms with E-state index in [1.807, 2.05) is 12.1 Å². The Kier molecular flexibility index (Phi) is 2.47. The number of rotatable bonds is 3. The Hall–Kier alpha value is -2.21. The van der Waals surface area contributed by atoms with Crippen molar-refractivity contribution in [3.8, 4) is 0 Å². The van der Waals surface area contributed by atoms with E-state index in [0.717, 1.165) is 29.6 Å². The van der Waals surface area contributed by atoms with E-state index < -0.39 is 10.5 Å². The minimum Gasteiger partial charge on any atom is -0.386 e. The van der Waals surface area contributed by atoms with E-state index in [0.29, 0.717) is 19.0 Å². The van der Waals surface area contributed by atoms with Gasteiger partial charge in [-0.25, -0.2) is 4.98 Å². The summed E-state index contributed by atoms with van der Waals surface area (Å²) in [5.74, 6) is 1.28. The first-order valence-corrected chi connectivity index (χ1v) is 7.08. The van der Waals surface area contributed by atoms with Crippen molar-refractivity contribution in [1.82, 2.24) is 4.98 Å². The van der Waals surface area contributed by atoms with Gasteiger partial charge in [0.2, 0.25) is 0 Å². The van der Waals surface area contributed by atoms with Gasteiger partial charge in [-0.1, -0.05) is 0 Å². The van der Waals surface area contributed by atoms with Gasteiger partial charge < -0.3 is 10.0 Å². The lowest BCUT2D eigenvalue weighted by Crippen LogP contribution is -2.63. The van der Waals surface area contributed by atoms with Crippen LogP contribution < -0.4 is 4.90 Å². The molecule has 108 valence electrons. The van der Waals surface area contributed by atoms with Gasteiger partial charge in [-0.05, 0) is 37.0 Å². The van der Waals surface area contributed by atoms with E-state index in [-0.39, 0.29) is 5.69 Å². The highest BCUT2D eigenvalue weighted by Gasteiger charge is 2.52. The molecule has 0 spiro atoms. The van der Waals surface area contributed by atoms with Crippen molar-refractivity contribution >= 4 is 22.4 Å². The SMILES string of the molecule is O=[N+]([O-])c1ccc2nc(N3CC(O)(C4CC4)C3)ccc2c1. The zero-order chi connectivity index (χ0) is 14.6. The fourth-order valence-corrected chi connectivity index (χ4v) is 3.05. The second-order valence-electron chi connectivity index (χ2n) is 6.04. The van der Waals surface area contributed by atoms with Crippen molar-refractivity contribution in [2.45, 2.75) is 18.4 Å². The van der Waals surface area contributed by atoms with Crippen LogP contribution in [0.15, 0.2) is 30.3 Å². The highest BCUT2D eigenvalue weighted by Crippen LogP contribution is 2.45. The number of benzene rings is 1. The van der Waals surface area contributed by atoms with Gasteiger partial charge in [0.15, 0.2) is 0 Å². The van der Waals surface area contributed by atoms with Crippen LogP contribution in [0.5, 0.6) is 0 Å². The predicted molar refractivity (Wildman–Crippen MR) is 78.3 cm³/mol. The molecule has 2 aromatic rings. The summed E-state index contributed by atoms with van der Waals surface area (Å²) in [5.41, 5.74) is 0.274. The van der Waals surface area contributed by atoms with Crippen LogP contribution in [-0.4, -0.2) is 33.7 Å². The molecule has 2 fully saturated rings. The molecule has 4 rings (SSSR count). The lowest BCUT2D eigenvalue weighted by atomic mass is 9.89. The van der Waals surface area contributed by atoms with Gasteiger partial charge in [0.1, 0.15) is 11.4 Å². The van der Waals surface area contributed by atoms with Crippen molar-refractivity contribution < 1.29 is 10.0 Å². The molecular formula is C15H15N3O3. The van der Waals surface area contributed by atoms with Crippen LogP contribution in [0.4, 0.5) is 11.5 Å². The predicted octanol–water partition coefficient (Wildman–Crippen LogP) is 2.10. The Morgan fingerprint density at radius 1 is 1.29 bits per heavy atom. The molecule has 1 N–H and O–H groups in total. The van der Waals surface area contributed by atoms with Crippen LogP contribution in [0.1, 0.15) is 12.8 Å². The third kappa shape index (κ3) is 2.03. The van der Waals surface area contributed by atoms with Gasteiger partial charge >= 0.3 is 0 Å². The number of hydrogen-bond acceptors (Lipinski definition) is 5. The average molecular weight is 285 g/mol. The van der Waals surface area contributed by atoms with Gasteiger partial charge in [-0.3, -0.25) is 10.1 Å². The number of fused-ring (bicyclic) bond motifs is 1. The fraction of sp³-hybridized carbons (Fsp3) is 0.400. The van der Waals surface area contributed by atoms with Crippen LogP contribution in [0.25, 0.3) is 10.9 Å². The molecule has 1 saturated heterocycles. The van der Waals surface area contributed by atoms with Crippen molar-refractivity contribution in [2.24, 2.45) is 5.92 Å². The summed E-state index contributed by atoms with van der Waals surface area (Å²) in [4.78, 5) is 17.0. The molecule has 6 heteroatoms. The Bertz CT molecular complexity index is 736. The molecule has 1 aliphatic carbocycles. The molecule has 1 saturated carbocycles. The van der Waals surface area contributed by atoms with Crippen molar-refractivity contribution in [2.75, 3.05) is 18.0 Å². The van der Waals surface area contributed by atoms with Crippen LogP contribution >= 0.6 is 0 Å². The Balaban J connectivity index is 1.60. The van der Waals surface area contributed by atoms with Gasteiger partial charge in [0, 0.05) is 17.5 Å². The first-order valence-electron chi connectivity index (χ1n) is 7.08. The lowest BCUT2D eigenvalue weighted by Gasteiger charge is -2.47. The third-order valence-electron chi connectivity index (χ3n) is 4.46. The zero-order valence-electron chi connectivity index (χ0n) is 11.4. The van der Waals surface area contributed by atoms with Gasteiger partial charge in [-0.15, -0.1) is 0 Å². The largest absolute Gasteiger partial charge is 0.386 e. The summed E-state index contributed by atoms with van der Waals surface area (Å²) in [7, 11) is 0. The maximum absolute atomic E-state index is 10.8. The average Bonchev–Trinajstić information content (AvgIpc) is 3.27. The number of nitro groups is 1. The second kappa shape index (κ2) is 4.14. The number of non-ortho nitro benzene ring substituents is 1. The number of nitro benzene ring substituents is 1. The van der Waals surface area contributed by atoms with Crippen LogP contribution in [0, 0.1) is 16.0 Å². The first-order chi connectivity index (χ1) is 10.0. The summed E-state index contributed by atoms with van der Waals surface area (Å²) in [5, 5.41) is 21.9. The van der Waals surface area contributed by atoms with E-state index in [1.165, 1.54) is 12.1 Å². The van der Waals surface area contributed by atoms with E-state index in [2.05, 4.69) is 9.88 Å². The summed E-state index contributed by atoms with van der Waals surface area (Å²) < 4.78 is 0. The summed E-state index contributed by atoms with van der Waals surface area (Å²) >= 11 is 0. The van der Waals surface area contributed by atoms with Crippen LogP contribution in [0.3, 0.4) is 0 Å². The monoisotopic (exact) mass is 285 g/mol. The summed E-state index contributed by atoms with van der Waals surface area (Å²) in [6.45, 7) is 1.26. The van der Waals surface area contributed by atoms with E-state index >= 15 is 0 Å². The molecule has 21 heavy (non-hydrogen) atoms. The number of hydrogen-bond donors (Lipinski definition) is 1. The van der Waals surface area contributed by atoms with E-state index in [9.17, 15) is 15.2 Å². The first kappa shape index (κ1) is 12.5. The topological polar surface area (TPSA) is 79.5 Å². The highest BCUT2D eigenvalue weighted by atomic mass is 16.6. The van der Waals surface area contributed by atoms with Crippen molar-refractivity contribution in [3.05, 3.63) is 40.4 Å². The quantitative estimate of drug-likeness (QED) is 0.690. The normalized spacial score (nSPS) is 20.3. The molecule has 1 aromatic carbocycles.